The summed E-state index contributed by atoms with van der Waals surface area (Å²) in [4.78, 5) is 27.1. The van der Waals surface area contributed by atoms with Gasteiger partial charge >= 0.3 is 12.1 Å². The van der Waals surface area contributed by atoms with Crippen molar-refractivity contribution in [2.24, 2.45) is 0 Å². The quantitative estimate of drug-likeness (QED) is 0.702. The molecule has 0 aliphatic heterocycles. The topological polar surface area (TPSA) is 112 Å². The van der Waals surface area contributed by atoms with E-state index in [1.54, 1.807) is 0 Å². The van der Waals surface area contributed by atoms with Gasteiger partial charge in [0.25, 0.3) is 0 Å². The number of carboxylic acid groups (broad SMARTS) is 1. The van der Waals surface area contributed by atoms with E-state index in [-0.39, 0.29) is 29.5 Å². The first-order valence-corrected chi connectivity index (χ1v) is 8.84. The third-order valence-electron chi connectivity index (χ3n) is 4.82. The molecule has 1 aliphatic rings. The molecule has 0 spiro atoms. The van der Waals surface area contributed by atoms with Gasteiger partial charge in [0.05, 0.1) is 11.1 Å². The highest BCUT2D eigenvalue weighted by molar-refractivity contribution is 5.90. The zero-order valence-electron chi connectivity index (χ0n) is 15.1. The van der Waals surface area contributed by atoms with Crippen LogP contribution >= 0.6 is 0 Å². The Hall–Kier alpha value is -4.18. The molecule has 7 nitrogen and oxygen atoms in total. The van der Waals surface area contributed by atoms with Crippen molar-refractivity contribution in [1.82, 2.24) is 4.98 Å². The van der Waals surface area contributed by atoms with Gasteiger partial charge in [-0.05, 0) is 28.3 Å². The fraction of sp³-hybridized carbons (Fsp3) is 0.0909. The lowest BCUT2D eigenvalue weighted by atomic mass is 9.98. The Kier molecular flexibility index (Phi) is 4.67. The third kappa shape index (κ3) is 3.39. The monoisotopic (exact) mass is 385 g/mol. The second-order valence-electron chi connectivity index (χ2n) is 6.49. The number of hydrogen-bond acceptors (Lipinski definition) is 5. The minimum atomic E-state index is -1.21. The molecule has 7 heteroatoms. The minimum absolute atomic E-state index is 0.0466. The molecule has 1 heterocycles. The molecule has 0 saturated carbocycles. The number of ether oxygens (including phenoxy) is 1. The zero-order valence-corrected chi connectivity index (χ0v) is 15.1. The first-order chi connectivity index (χ1) is 14.1. The maximum atomic E-state index is 12.3. The van der Waals surface area contributed by atoms with E-state index in [1.807, 2.05) is 54.6 Å². The Labute approximate surface area is 166 Å². The molecular weight excluding hydrogens is 370 g/mol. The van der Waals surface area contributed by atoms with Crippen LogP contribution in [0, 0.1) is 11.3 Å². The van der Waals surface area contributed by atoms with Gasteiger partial charge in [-0.2, -0.15) is 5.26 Å². The molecular formula is C22H15N3O4. The summed E-state index contributed by atoms with van der Waals surface area (Å²) >= 11 is 0. The average molecular weight is 385 g/mol. The Bertz CT molecular complexity index is 1120. The van der Waals surface area contributed by atoms with Gasteiger partial charge in [-0.1, -0.05) is 48.5 Å². The molecule has 0 saturated heterocycles. The van der Waals surface area contributed by atoms with Crippen LogP contribution in [0.5, 0.6) is 0 Å². The number of rotatable bonds is 4. The summed E-state index contributed by atoms with van der Waals surface area (Å²) < 4.78 is 5.41. The highest BCUT2D eigenvalue weighted by atomic mass is 16.5. The number of amides is 1. The molecule has 2 aromatic carbocycles. The number of nitrogens with zero attached hydrogens (tertiary/aromatic N) is 2. The van der Waals surface area contributed by atoms with E-state index in [9.17, 15) is 14.9 Å². The maximum Gasteiger partial charge on any atom is 0.412 e. The summed E-state index contributed by atoms with van der Waals surface area (Å²) in [5.41, 5.74) is 4.22. The number of pyridine rings is 1. The number of anilines is 1. The average Bonchev–Trinajstić information content (AvgIpc) is 3.06. The van der Waals surface area contributed by atoms with Gasteiger partial charge in [-0.3, -0.25) is 5.32 Å². The van der Waals surface area contributed by atoms with Crippen molar-refractivity contribution in [3.8, 4) is 17.2 Å². The van der Waals surface area contributed by atoms with Gasteiger partial charge in [0.2, 0.25) is 0 Å². The van der Waals surface area contributed by atoms with Crippen LogP contribution in [0.4, 0.5) is 10.6 Å². The molecule has 1 aromatic heterocycles. The van der Waals surface area contributed by atoms with Crippen molar-refractivity contribution >= 4 is 17.9 Å². The standard InChI is InChI=1S/C22H15N3O4/c23-10-13-9-14(21(26)27)11-24-20(13)25-22(28)29-12-19-17-7-3-1-5-15(17)16-6-2-4-8-18(16)19/h1-9,11,19H,12H2,(H,26,27)(H,24,25,28). The number of carboxylic acids is 1. The fourth-order valence-electron chi connectivity index (χ4n) is 3.50. The van der Waals surface area contributed by atoms with Crippen LogP contribution in [0.1, 0.15) is 33.0 Å². The minimum Gasteiger partial charge on any atom is -0.478 e. The van der Waals surface area contributed by atoms with Crippen LogP contribution < -0.4 is 5.32 Å². The molecule has 1 aliphatic carbocycles. The predicted octanol–water partition coefficient (Wildman–Crippen LogP) is 4.01. The number of benzene rings is 2. The van der Waals surface area contributed by atoms with E-state index >= 15 is 0 Å². The molecule has 1 amide bonds. The Morgan fingerprint density at radius 1 is 1.10 bits per heavy atom. The summed E-state index contributed by atoms with van der Waals surface area (Å²) in [5.74, 6) is -1.35. The highest BCUT2D eigenvalue weighted by Gasteiger charge is 2.29. The third-order valence-corrected chi connectivity index (χ3v) is 4.82. The molecule has 0 fully saturated rings. The SMILES string of the molecule is N#Cc1cc(C(=O)O)cnc1NC(=O)OCC1c2ccccc2-c2ccccc21. The maximum absolute atomic E-state index is 12.3. The van der Waals surface area contributed by atoms with E-state index in [0.717, 1.165) is 34.5 Å². The summed E-state index contributed by atoms with van der Waals surface area (Å²) in [6, 6.07) is 18.9. The van der Waals surface area contributed by atoms with Crippen molar-refractivity contribution in [3.05, 3.63) is 83.0 Å². The number of nitriles is 1. The fourth-order valence-corrected chi connectivity index (χ4v) is 3.50. The van der Waals surface area contributed by atoms with Crippen LogP contribution in [-0.4, -0.2) is 28.8 Å². The molecule has 3 aromatic rings. The van der Waals surface area contributed by atoms with Crippen molar-refractivity contribution in [2.75, 3.05) is 11.9 Å². The molecule has 0 atom stereocenters. The molecule has 29 heavy (non-hydrogen) atoms. The van der Waals surface area contributed by atoms with Crippen LogP contribution in [0.25, 0.3) is 11.1 Å². The lowest BCUT2D eigenvalue weighted by Gasteiger charge is -2.14. The van der Waals surface area contributed by atoms with Crippen molar-refractivity contribution < 1.29 is 19.4 Å². The second-order valence-corrected chi connectivity index (χ2v) is 6.49. The Morgan fingerprint density at radius 2 is 1.72 bits per heavy atom. The summed E-state index contributed by atoms with van der Waals surface area (Å²) in [6.45, 7) is 0.120. The van der Waals surface area contributed by atoms with Crippen LogP contribution in [-0.2, 0) is 4.74 Å². The van der Waals surface area contributed by atoms with Crippen molar-refractivity contribution in [1.29, 1.82) is 5.26 Å². The smallest absolute Gasteiger partial charge is 0.412 e. The van der Waals surface area contributed by atoms with Gasteiger partial charge in [0.1, 0.15) is 12.7 Å². The highest BCUT2D eigenvalue weighted by Crippen LogP contribution is 2.44. The number of aromatic nitrogens is 1. The Morgan fingerprint density at radius 3 is 2.31 bits per heavy atom. The van der Waals surface area contributed by atoms with Gasteiger partial charge in [-0.25, -0.2) is 14.6 Å². The van der Waals surface area contributed by atoms with E-state index < -0.39 is 12.1 Å². The number of carbonyl (C=O) groups excluding carboxylic acids is 1. The first-order valence-electron chi connectivity index (χ1n) is 8.84. The lowest BCUT2D eigenvalue weighted by molar-refractivity contribution is 0.0696. The van der Waals surface area contributed by atoms with Crippen molar-refractivity contribution in [3.63, 3.8) is 0 Å². The molecule has 0 radical (unpaired) electrons. The summed E-state index contributed by atoms with van der Waals surface area (Å²) in [7, 11) is 0. The van der Waals surface area contributed by atoms with E-state index in [1.165, 1.54) is 0 Å². The van der Waals surface area contributed by atoms with Gasteiger partial charge in [-0.15, -0.1) is 0 Å². The molecule has 2 N–H and O–H groups in total. The molecule has 142 valence electrons. The van der Waals surface area contributed by atoms with Gasteiger partial charge in [0.15, 0.2) is 5.82 Å². The van der Waals surface area contributed by atoms with Gasteiger partial charge in [0, 0.05) is 12.1 Å². The Balaban J connectivity index is 1.50. The molecule has 0 unspecified atom stereocenters. The normalized spacial score (nSPS) is 11.8. The van der Waals surface area contributed by atoms with E-state index in [4.69, 9.17) is 9.84 Å². The van der Waals surface area contributed by atoms with E-state index in [2.05, 4.69) is 10.3 Å². The number of aromatic carboxylic acids is 1. The summed E-state index contributed by atoms with van der Waals surface area (Å²) in [6.07, 6.45) is 0.307. The number of nitrogens with one attached hydrogen (secondary N) is 1. The molecule has 0 bridgehead atoms. The number of carbonyl (C=O) groups is 2. The van der Waals surface area contributed by atoms with E-state index in [0.29, 0.717) is 0 Å². The second kappa shape index (κ2) is 7.44. The number of hydrogen-bond donors (Lipinski definition) is 2. The van der Waals surface area contributed by atoms with Crippen LogP contribution in [0.15, 0.2) is 60.8 Å². The van der Waals surface area contributed by atoms with Gasteiger partial charge < -0.3 is 9.84 Å². The van der Waals surface area contributed by atoms with Crippen LogP contribution in [0.2, 0.25) is 0 Å². The lowest BCUT2D eigenvalue weighted by Crippen LogP contribution is -2.19. The summed E-state index contributed by atoms with van der Waals surface area (Å²) in [5, 5.41) is 20.6. The van der Waals surface area contributed by atoms with Crippen LogP contribution in [0.3, 0.4) is 0 Å². The molecule has 4 rings (SSSR count). The largest absolute Gasteiger partial charge is 0.478 e. The van der Waals surface area contributed by atoms with Crippen molar-refractivity contribution in [2.45, 2.75) is 5.92 Å². The zero-order chi connectivity index (χ0) is 20.4. The predicted molar refractivity (Wildman–Crippen MR) is 105 cm³/mol. The number of fused-ring (bicyclic) bond motifs is 3. The first kappa shape index (κ1) is 18.2.